The lowest BCUT2D eigenvalue weighted by Gasteiger charge is -2.26. The number of H-pyrrole nitrogens is 1. The van der Waals surface area contributed by atoms with Gasteiger partial charge in [-0.05, 0) is 43.5 Å². The van der Waals surface area contributed by atoms with Crippen molar-refractivity contribution in [1.82, 2.24) is 9.88 Å². The van der Waals surface area contributed by atoms with Gasteiger partial charge in [0.15, 0.2) is 0 Å². The number of benzene rings is 1. The van der Waals surface area contributed by atoms with Gasteiger partial charge in [0.1, 0.15) is 5.82 Å². The van der Waals surface area contributed by atoms with Crippen LogP contribution in [0.1, 0.15) is 25.8 Å². The molecule has 3 heteroatoms. The van der Waals surface area contributed by atoms with Crippen LogP contribution in [-0.2, 0) is 6.42 Å². The molecule has 20 heavy (non-hydrogen) atoms. The average Bonchev–Trinajstić information content (AvgIpc) is 2.85. The maximum absolute atomic E-state index is 13.3. The molecule has 1 unspecified atom stereocenters. The van der Waals surface area contributed by atoms with E-state index in [-0.39, 0.29) is 5.82 Å². The lowest BCUT2D eigenvalue weighted by molar-refractivity contribution is 0.232. The Morgan fingerprint density at radius 1 is 1.45 bits per heavy atom. The molecule has 0 amide bonds. The largest absolute Gasteiger partial charge is 0.361 e. The molecule has 1 aromatic heterocycles. The first-order valence-electron chi connectivity index (χ1n) is 7.08. The van der Waals surface area contributed by atoms with Crippen LogP contribution in [0.4, 0.5) is 4.39 Å². The van der Waals surface area contributed by atoms with Crippen molar-refractivity contribution in [3.63, 3.8) is 0 Å². The van der Waals surface area contributed by atoms with Crippen LogP contribution in [0.2, 0.25) is 0 Å². The quantitative estimate of drug-likeness (QED) is 0.796. The smallest absolute Gasteiger partial charge is 0.123 e. The predicted octanol–water partition coefficient (Wildman–Crippen LogP) is 3.58. The van der Waals surface area contributed by atoms with Crippen molar-refractivity contribution >= 4 is 10.9 Å². The van der Waals surface area contributed by atoms with E-state index in [0.717, 1.165) is 35.9 Å². The fourth-order valence-corrected chi connectivity index (χ4v) is 2.45. The predicted molar refractivity (Wildman–Crippen MR) is 82.1 cm³/mol. The topological polar surface area (TPSA) is 19.0 Å². The molecule has 0 fully saturated rings. The summed E-state index contributed by atoms with van der Waals surface area (Å²) in [5.41, 5.74) is 2.12. The average molecular weight is 272 g/mol. The summed E-state index contributed by atoms with van der Waals surface area (Å²) in [6, 6.07) is 5.32. The van der Waals surface area contributed by atoms with Crippen molar-refractivity contribution in [3.05, 3.63) is 35.8 Å². The molecule has 0 spiro atoms. The lowest BCUT2D eigenvalue weighted by Crippen LogP contribution is -2.34. The Morgan fingerprint density at radius 3 is 2.95 bits per heavy atom. The number of fused-ring (bicyclic) bond motifs is 1. The Bertz CT molecular complexity index is 609. The van der Waals surface area contributed by atoms with Gasteiger partial charge in [-0.3, -0.25) is 4.90 Å². The molecule has 0 aliphatic heterocycles. The van der Waals surface area contributed by atoms with Gasteiger partial charge in [0.05, 0.1) is 6.54 Å². The monoisotopic (exact) mass is 272 g/mol. The molecule has 1 aromatic carbocycles. The summed E-state index contributed by atoms with van der Waals surface area (Å²) in [4.78, 5) is 5.48. The second-order valence-electron chi connectivity index (χ2n) is 5.19. The van der Waals surface area contributed by atoms with E-state index >= 15 is 0 Å². The molecule has 106 valence electrons. The number of nitrogens with zero attached hydrogens (tertiary/aromatic N) is 1. The summed E-state index contributed by atoms with van der Waals surface area (Å²) in [6.07, 6.45) is 9.35. The van der Waals surface area contributed by atoms with E-state index in [4.69, 9.17) is 6.42 Å². The standard InChI is InChI=1S/C17H21FN2/c1-4-9-20(13(3)5-2)10-8-14-12-19-17-7-6-15(18)11-16(14)17/h1,6-7,11-13,19H,5,8-10H2,2-3H3. The first kappa shape index (κ1) is 14.6. The number of hydrogen-bond donors (Lipinski definition) is 1. The van der Waals surface area contributed by atoms with Crippen LogP contribution in [-0.4, -0.2) is 29.0 Å². The van der Waals surface area contributed by atoms with E-state index in [1.54, 1.807) is 12.1 Å². The van der Waals surface area contributed by atoms with Crippen LogP contribution in [0.25, 0.3) is 10.9 Å². The molecule has 1 N–H and O–H groups in total. The number of halogens is 1. The van der Waals surface area contributed by atoms with Crippen molar-refractivity contribution in [2.45, 2.75) is 32.7 Å². The Hall–Kier alpha value is -1.79. The second-order valence-corrected chi connectivity index (χ2v) is 5.19. The molecule has 1 heterocycles. The van der Waals surface area contributed by atoms with E-state index in [1.165, 1.54) is 6.07 Å². The minimum absolute atomic E-state index is 0.194. The summed E-state index contributed by atoms with van der Waals surface area (Å²) < 4.78 is 13.3. The molecule has 0 saturated heterocycles. The van der Waals surface area contributed by atoms with Crippen LogP contribution in [0.15, 0.2) is 24.4 Å². The Kier molecular flexibility index (Phi) is 4.81. The highest BCUT2D eigenvalue weighted by Crippen LogP contribution is 2.20. The molecule has 1 atom stereocenters. The Labute approximate surface area is 120 Å². The summed E-state index contributed by atoms with van der Waals surface area (Å²) >= 11 is 0. The summed E-state index contributed by atoms with van der Waals surface area (Å²) in [7, 11) is 0. The van der Waals surface area contributed by atoms with Gasteiger partial charge in [0.25, 0.3) is 0 Å². The van der Waals surface area contributed by atoms with Gasteiger partial charge in [-0.25, -0.2) is 4.39 Å². The lowest BCUT2D eigenvalue weighted by atomic mass is 10.1. The van der Waals surface area contributed by atoms with Crippen LogP contribution in [0.5, 0.6) is 0 Å². The zero-order valence-electron chi connectivity index (χ0n) is 12.1. The van der Waals surface area contributed by atoms with Crippen molar-refractivity contribution in [1.29, 1.82) is 0 Å². The SMILES string of the molecule is C#CCN(CCc1c[nH]c2ccc(F)cc12)C(C)CC. The fraction of sp³-hybridized carbons (Fsp3) is 0.412. The van der Waals surface area contributed by atoms with Gasteiger partial charge in [0.2, 0.25) is 0 Å². The highest BCUT2D eigenvalue weighted by atomic mass is 19.1. The van der Waals surface area contributed by atoms with Crippen molar-refractivity contribution in [3.8, 4) is 12.3 Å². The van der Waals surface area contributed by atoms with Gasteiger partial charge in [-0.2, -0.15) is 0 Å². The summed E-state index contributed by atoms with van der Waals surface area (Å²) in [5, 5.41) is 0.967. The first-order chi connectivity index (χ1) is 9.65. The molecule has 2 rings (SSSR count). The number of terminal acetylenes is 1. The first-order valence-corrected chi connectivity index (χ1v) is 7.08. The number of hydrogen-bond acceptors (Lipinski definition) is 1. The van der Waals surface area contributed by atoms with Gasteiger partial charge < -0.3 is 4.98 Å². The van der Waals surface area contributed by atoms with Crippen LogP contribution >= 0.6 is 0 Å². The minimum atomic E-state index is -0.194. The fourth-order valence-electron chi connectivity index (χ4n) is 2.45. The third kappa shape index (κ3) is 3.20. The number of aromatic amines is 1. The molecule has 2 nitrogen and oxygen atoms in total. The highest BCUT2D eigenvalue weighted by molar-refractivity contribution is 5.83. The molecule has 0 radical (unpaired) electrons. The van der Waals surface area contributed by atoms with Crippen LogP contribution < -0.4 is 0 Å². The summed E-state index contributed by atoms with van der Waals surface area (Å²) in [6.45, 7) is 5.90. The Morgan fingerprint density at radius 2 is 2.25 bits per heavy atom. The number of rotatable bonds is 6. The zero-order chi connectivity index (χ0) is 14.5. The maximum atomic E-state index is 13.3. The van der Waals surface area contributed by atoms with E-state index in [1.807, 2.05) is 6.20 Å². The Balaban J connectivity index is 2.11. The second kappa shape index (κ2) is 6.58. The molecule has 0 bridgehead atoms. The maximum Gasteiger partial charge on any atom is 0.123 e. The zero-order valence-corrected chi connectivity index (χ0v) is 12.1. The molecule has 0 aliphatic carbocycles. The van der Waals surface area contributed by atoms with Gasteiger partial charge in [0, 0.05) is 29.7 Å². The van der Waals surface area contributed by atoms with Crippen molar-refractivity contribution < 1.29 is 4.39 Å². The van der Waals surface area contributed by atoms with E-state index < -0.39 is 0 Å². The van der Waals surface area contributed by atoms with Gasteiger partial charge in [-0.1, -0.05) is 12.8 Å². The summed E-state index contributed by atoms with van der Waals surface area (Å²) in [5.74, 6) is 2.52. The molecular weight excluding hydrogens is 251 g/mol. The molecule has 0 aliphatic rings. The van der Waals surface area contributed by atoms with Gasteiger partial charge in [-0.15, -0.1) is 6.42 Å². The number of aromatic nitrogens is 1. The normalized spacial score (nSPS) is 12.8. The van der Waals surface area contributed by atoms with Crippen molar-refractivity contribution in [2.75, 3.05) is 13.1 Å². The van der Waals surface area contributed by atoms with Gasteiger partial charge >= 0.3 is 0 Å². The highest BCUT2D eigenvalue weighted by Gasteiger charge is 2.12. The van der Waals surface area contributed by atoms with Crippen LogP contribution in [0, 0.1) is 18.2 Å². The molecule has 0 saturated carbocycles. The third-order valence-corrected chi connectivity index (χ3v) is 3.91. The minimum Gasteiger partial charge on any atom is -0.361 e. The molecule has 2 aromatic rings. The van der Waals surface area contributed by atoms with E-state index in [9.17, 15) is 4.39 Å². The molecular formula is C17H21FN2. The van der Waals surface area contributed by atoms with Crippen LogP contribution in [0.3, 0.4) is 0 Å². The van der Waals surface area contributed by atoms with E-state index in [0.29, 0.717) is 12.6 Å². The van der Waals surface area contributed by atoms with E-state index in [2.05, 4.69) is 29.7 Å². The third-order valence-electron chi connectivity index (χ3n) is 3.91. The van der Waals surface area contributed by atoms with Crippen molar-refractivity contribution in [2.24, 2.45) is 0 Å². The number of nitrogens with one attached hydrogen (secondary N) is 1.